The number of hydrogen-bond donors (Lipinski definition) is 1. The van der Waals surface area contributed by atoms with Crippen molar-refractivity contribution >= 4 is 0 Å². The summed E-state index contributed by atoms with van der Waals surface area (Å²) in [5.41, 5.74) is 7.50. The maximum atomic E-state index is 12.7. The van der Waals surface area contributed by atoms with Gasteiger partial charge in [0.25, 0.3) is 0 Å². The summed E-state index contributed by atoms with van der Waals surface area (Å²) in [6.45, 7) is 1.89. The van der Waals surface area contributed by atoms with Crippen LogP contribution in [0.3, 0.4) is 0 Å². The average Bonchev–Trinajstić information content (AvgIpc) is 2.68. The van der Waals surface area contributed by atoms with Crippen molar-refractivity contribution in [2.24, 2.45) is 5.73 Å². The van der Waals surface area contributed by atoms with Crippen LogP contribution in [-0.4, -0.2) is 9.78 Å². The Labute approximate surface area is 87.3 Å². The zero-order valence-electron chi connectivity index (χ0n) is 8.39. The molecular weight excluding hydrogens is 193 g/mol. The highest BCUT2D eigenvalue weighted by molar-refractivity contribution is 5.31. The van der Waals surface area contributed by atoms with E-state index in [9.17, 15) is 4.39 Å². The summed E-state index contributed by atoms with van der Waals surface area (Å²) >= 11 is 0. The highest BCUT2D eigenvalue weighted by Crippen LogP contribution is 2.12. The Morgan fingerprint density at radius 2 is 2.00 bits per heavy atom. The third kappa shape index (κ3) is 2.05. The summed E-state index contributed by atoms with van der Waals surface area (Å²) in [7, 11) is 0. The Balaban J connectivity index is 2.33. The molecule has 0 bridgehead atoms. The zero-order chi connectivity index (χ0) is 10.8. The van der Waals surface area contributed by atoms with Crippen molar-refractivity contribution in [3.05, 3.63) is 48.0 Å². The van der Waals surface area contributed by atoms with Gasteiger partial charge in [-0.3, -0.25) is 0 Å². The predicted octanol–water partition coefficient (Wildman–Crippen LogP) is 2.03. The lowest BCUT2D eigenvalue weighted by Crippen LogP contribution is -2.03. The van der Waals surface area contributed by atoms with Crippen molar-refractivity contribution < 1.29 is 4.39 Å². The fraction of sp³-hybridized carbons (Fsp3) is 0.182. The highest BCUT2D eigenvalue weighted by Gasteiger charge is 2.04. The summed E-state index contributed by atoms with van der Waals surface area (Å²) in [6.07, 6.45) is 3.56. The van der Waals surface area contributed by atoms with Gasteiger partial charge in [0.15, 0.2) is 0 Å². The van der Waals surface area contributed by atoms with Crippen LogP contribution in [0.1, 0.15) is 18.5 Å². The lowest BCUT2D eigenvalue weighted by molar-refractivity contribution is 0.627. The van der Waals surface area contributed by atoms with Gasteiger partial charge in [-0.05, 0) is 31.2 Å². The highest BCUT2D eigenvalue weighted by atomic mass is 19.1. The van der Waals surface area contributed by atoms with Gasteiger partial charge in [-0.1, -0.05) is 0 Å². The molecule has 4 heteroatoms. The molecule has 2 rings (SSSR count). The van der Waals surface area contributed by atoms with Gasteiger partial charge in [0.2, 0.25) is 0 Å². The van der Waals surface area contributed by atoms with E-state index < -0.39 is 0 Å². The largest absolute Gasteiger partial charge is 0.324 e. The van der Waals surface area contributed by atoms with Crippen molar-refractivity contribution in [1.29, 1.82) is 0 Å². The summed E-state index contributed by atoms with van der Waals surface area (Å²) in [4.78, 5) is 0. The van der Waals surface area contributed by atoms with E-state index in [1.807, 2.05) is 13.1 Å². The normalized spacial score (nSPS) is 12.7. The molecule has 2 aromatic rings. The quantitative estimate of drug-likeness (QED) is 0.815. The van der Waals surface area contributed by atoms with Gasteiger partial charge < -0.3 is 5.73 Å². The molecular formula is C11H12FN3. The number of rotatable bonds is 2. The molecule has 0 unspecified atom stereocenters. The zero-order valence-corrected chi connectivity index (χ0v) is 8.39. The van der Waals surface area contributed by atoms with E-state index in [1.54, 1.807) is 23.0 Å². The first-order valence-corrected chi connectivity index (χ1v) is 4.73. The van der Waals surface area contributed by atoms with Crippen LogP contribution in [-0.2, 0) is 0 Å². The third-order valence-corrected chi connectivity index (χ3v) is 2.22. The monoisotopic (exact) mass is 205 g/mol. The van der Waals surface area contributed by atoms with Crippen LogP contribution in [0.2, 0.25) is 0 Å². The molecule has 0 saturated carbocycles. The van der Waals surface area contributed by atoms with E-state index in [2.05, 4.69) is 5.10 Å². The van der Waals surface area contributed by atoms with Crippen LogP contribution in [0.4, 0.5) is 4.39 Å². The molecule has 1 aromatic heterocycles. The topological polar surface area (TPSA) is 43.8 Å². The lowest BCUT2D eigenvalue weighted by Gasteiger charge is -2.01. The number of hydrogen-bond acceptors (Lipinski definition) is 2. The molecule has 0 saturated heterocycles. The van der Waals surface area contributed by atoms with Gasteiger partial charge in [0, 0.05) is 17.8 Å². The smallest absolute Gasteiger partial charge is 0.123 e. The fourth-order valence-corrected chi connectivity index (χ4v) is 1.31. The number of benzene rings is 1. The molecule has 2 N–H and O–H groups in total. The van der Waals surface area contributed by atoms with Crippen molar-refractivity contribution in [2.75, 3.05) is 0 Å². The number of nitrogens with two attached hydrogens (primary N) is 1. The summed E-state index contributed by atoms with van der Waals surface area (Å²) < 4.78 is 14.4. The Morgan fingerprint density at radius 1 is 1.33 bits per heavy atom. The summed E-state index contributed by atoms with van der Waals surface area (Å²) in [6, 6.07) is 6.12. The van der Waals surface area contributed by atoms with E-state index in [0.717, 1.165) is 11.3 Å². The SMILES string of the molecule is C[C@@H](N)c1cnn(-c2ccc(F)cc2)c1. The summed E-state index contributed by atoms with van der Waals surface area (Å²) in [5, 5.41) is 4.15. The molecule has 3 nitrogen and oxygen atoms in total. The first-order valence-electron chi connectivity index (χ1n) is 4.73. The van der Waals surface area contributed by atoms with Crippen molar-refractivity contribution in [3.8, 4) is 5.69 Å². The van der Waals surface area contributed by atoms with Crippen molar-refractivity contribution in [1.82, 2.24) is 9.78 Å². The van der Waals surface area contributed by atoms with Crippen molar-refractivity contribution in [3.63, 3.8) is 0 Å². The van der Waals surface area contributed by atoms with E-state index in [-0.39, 0.29) is 11.9 Å². The van der Waals surface area contributed by atoms with Gasteiger partial charge in [0.1, 0.15) is 5.82 Å². The third-order valence-electron chi connectivity index (χ3n) is 2.22. The second kappa shape index (κ2) is 3.82. The average molecular weight is 205 g/mol. The molecule has 1 atom stereocenters. The molecule has 0 fully saturated rings. The van der Waals surface area contributed by atoms with E-state index >= 15 is 0 Å². The molecule has 1 heterocycles. The van der Waals surface area contributed by atoms with Crippen LogP contribution in [0, 0.1) is 5.82 Å². The number of halogens is 1. The van der Waals surface area contributed by atoms with Crippen LogP contribution in [0.15, 0.2) is 36.7 Å². The molecule has 0 amide bonds. The van der Waals surface area contributed by atoms with Gasteiger partial charge in [-0.25, -0.2) is 9.07 Å². The Morgan fingerprint density at radius 3 is 2.53 bits per heavy atom. The minimum absolute atomic E-state index is 0.0424. The van der Waals surface area contributed by atoms with Crippen LogP contribution in [0.5, 0.6) is 0 Å². The molecule has 1 aromatic carbocycles. The van der Waals surface area contributed by atoms with Gasteiger partial charge in [-0.15, -0.1) is 0 Å². The Hall–Kier alpha value is -1.68. The second-order valence-corrected chi connectivity index (χ2v) is 3.48. The van der Waals surface area contributed by atoms with Gasteiger partial charge in [0.05, 0.1) is 11.9 Å². The number of nitrogens with zero attached hydrogens (tertiary/aromatic N) is 2. The first kappa shape index (κ1) is 9.86. The first-order chi connectivity index (χ1) is 7.16. The fourth-order valence-electron chi connectivity index (χ4n) is 1.31. The maximum absolute atomic E-state index is 12.7. The Kier molecular flexibility index (Phi) is 2.51. The standard InChI is InChI=1S/C11H12FN3/c1-8(13)9-6-14-15(7-9)11-4-2-10(12)3-5-11/h2-8H,13H2,1H3/t8-/m1/s1. The lowest BCUT2D eigenvalue weighted by atomic mass is 10.2. The summed E-state index contributed by atoms with van der Waals surface area (Å²) in [5.74, 6) is -0.252. The van der Waals surface area contributed by atoms with Crippen LogP contribution >= 0.6 is 0 Å². The van der Waals surface area contributed by atoms with Crippen LogP contribution in [0.25, 0.3) is 5.69 Å². The molecule has 0 aliphatic heterocycles. The van der Waals surface area contributed by atoms with E-state index in [0.29, 0.717) is 0 Å². The molecule has 78 valence electrons. The van der Waals surface area contributed by atoms with Crippen LogP contribution < -0.4 is 5.73 Å². The van der Waals surface area contributed by atoms with E-state index in [1.165, 1.54) is 12.1 Å². The minimum Gasteiger partial charge on any atom is -0.324 e. The van der Waals surface area contributed by atoms with E-state index in [4.69, 9.17) is 5.73 Å². The maximum Gasteiger partial charge on any atom is 0.123 e. The minimum atomic E-state index is -0.252. The second-order valence-electron chi connectivity index (χ2n) is 3.48. The molecule has 0 spiro atoms. The molecule has 0 aliphatic rings. The predicted molar refractivity (Wildman–Crippen MR) is 56.1 cm³/mol. The van der Waals surface area contributed by atoms with Crippen molar-refractivity contribution in [2.45, 2.75) is 13.0 Å². The molecule has 0 radical (unpaired) electrons. The molecule has 0 aliphatic carbocycles. The number of aromatic nitrogens is 2. The van der Waals surface area contributed by atoms with Gasteiger partial charge >= 0.3 is 0 Å². The Bertz CT molecular complexity index is 445. The molecule has 15 heavy (non-hydrogen) atoms. The van der Waals surface area contributed by atoms with Gasteiger partial charge in [-0.2, -0.15) is 5.10 Å².